The zero-order chi connectivity index (χ0) is 44.4. The highest BCUT2D eigenvalue weighted by molar-refractivity contribution is 5.84. The van der Waals surface area contributed by atoms with E-state index in [2.05, 4.69) is 31.4 Å². The number of alkyl carbamates (subject to hydrolysis) is 2. The van der Waals surface area contributed by atoms with Gasteiger partial charge in [-0.05, 0) is 88.9 Å². The Hall–Kier alpha value is -3.62. The number of carboxylic acid groups (broad SMARTS) is 2. The lowest BCUT2D eigenvalue weighted by Gasteiger charge is -2.26. The quantitative estimate of drug-likeness (QED) is 0.125. The van der Waals surface area contributed by atoms with E-state index in [1.165, 1.54) is 0 Å². The maximum absolute atomic E-state index is 11.5. The average molecular weight is 778 g/mol. The van der Waals surface area contributed by atoms with Crippen LogP contribution in [0.1, 0.15) is 157 Å². The van der Waals surface area contributed by atoms with Crippen molar-refractivity contribution in [2.24, 2.45) is 44.8 Å². The van der Waals surface area contributed by atoms with Gasteiger partial charge in [0.1, 0.15) is 29.3 Å². The normalized spacial score (nSPS) is 14.3. The van der Waals surface area contributed by atoms with Crippen LogP contribution in [0, 0.1) is 27.6 Å². The number of carbonyl (C=O) groups is 6. The minimum absolute atomic E-state index is 0.000000000000000222. The summed E-state index contributed by atoms with van der Waals surface area (Å²) in [7, 11) is 0. The van der Waals surface area contributed by atoms with Gasteiger partial charge in [0, 0.05) is 5.92 Å². The van der Waals surface area contributed by atoms with Crippen LogP contribution in [0.2, 0.25) is 0 Å². The molecule has 0 aromatic heterocycles. The van der Waals surface area contributed by atoms with E-state index in [4.69, 9.17) is 36.9 Å². The molecule has 0 aliphatic rings. The second-order valence-electron chi connectivity index (χ2n) is 20.4. The summed E-state index contributed by atoms with van der Waals surface area (Å²) in [5.74, 6) is -2.72. The van der Waals surface area contributed by atoms with Crippen molar-refractivity contribution in [3.63, 3.8) is 0 Å². The lowest BCUT2D eigenvalue weighted by atomic mass is 9.85. The fraction of sp³-hybridized carbons (Fsp3) is 0.846. The van der Waals surface area contributed by atoms with E-state index < -0.39 is 59.4 Å². The molecule has 0 aromatic rings. The number of aliphatic carboxylic acids is 2. The molecule has 0 spiro atoms. The molecule has 0 aromatic carbocycles. The lowest BCUT2D eigenvalue weighted by molar-refractivity contribution is -0.140. The number of amides is 4. The van der Waals surface area contributed by atoms with Crippen molar-refractivity contribution in [1.29, 1.82) is 0 Å². The molecule has 0 aliphatic carbocycles. The largest absolute Gasteiger partial charge is 0.480 e. The van der Waals surface area contributed by atoms with Crippen molar-refractivity contribution >= 4 is 35.9 Å². The van der Waals surface area contributed by atoms with E-state index in [-0.39, 0.29) is 33.5 Å². The van der Waals surface area contributed by atoms with Crippen molar-refractivity contribution in [2.45, 2.75) is 187 Å². The summed E-state index contributed by atoms with van der Waals surface area (Å²) in [5, 5.41) is 22.3. The van der Waals surface area contributed by atoms with Crippen LogP contribution in [0.25, 0.3) is 0 Å². The summed E-state index contributed by atoms with van der Waals surface area (Å²) >= 11 is 0. The Morgan fingerprint density at radius 2 is 0.796 bits per heavy atom. The first-order valence-electron chi connectivity index (χ1n) is 18.3. The van der Waals surface area contributed by atoms with Crippen LogP contribution in [0.3, 0.4) is 0 Å². The Balaban J connectivity index is -0.000000318. The smallest absolute Gasteiger partial charge is 0.408 e. The van der Waals surface area contributed by atoms with Gasteiger partial charge < -0.3 is 47.5 Å². The van der Waals surface area contributed by atoms with Gasteiger partial charge >= 0.3 is 24.1 Å². The zero-order valence-corrected chi connectivity index (χ0v) is 37.0. The van der Waals surface area contributed by atoms with Gasteiger partial charge in [-0.15, -0.1) is 0 Å². The van der Waals surface area contributed by atoms with Crippen LogP contribution in [0.4, 0.5) is 9.59 Å². The van der Waals surface area contributed by atoms with Crippen molar-refractivity contribution < 1.29 is 48.5 Å². The molecule has 0 rings (SSSR count). The van der Waals surface area contributed by atoms with Crippen molar-refractivity contribution in [1.82, 2.24) is 10.6 Å². The Bertz CT molecular complexity index is 1090. The number of ether oxygens (including phenoxy) is 2. The number of carboxylic acids is 2. The maximum Gasteiger partial charge on any atom is 0.408 e. The third-order valence-electron chi connectivity index (χ3n) is 6.21. The highest BCUT2D eigenvalue weighted by atomic mass is 16.6. The van der Waals surface area contributed by atoms with E-state index in [9.17, 15) is 28.8 Å². The van der Waals surface area contributed by atoms with Crippen LogP contribution in [0.15, 0.2) is 0 Å². The first-order valence-corrected chi connectivity index (χ1v) is 18.3. The standard InChI is InChI=1S/C12H24N2O3.C12H23NO4.C8H17NO.C7H15NO2/c1-11(2,3)7-8(9(13)15)14-10(16)17-12(4,5)6;1-11(2,3)7-8(9(14)15)13-10(16)17-12(4,5)6;1-6(7(9)10)5-8(2,3)4;1-7(2,3)4-5(8)6(9)10/h8H,7H2,1-6H3,(H2,13,15)(H,14,16);8H,7H2,1-6H3,(H,13,16)(H,14,15);6H,5H2,1-4H3,(H2,9,10);5H,4,8H2,1-3H3,(H,9,10)/t2*8-;6-;5-/m1111/s1. The summed E-state index contributed by atoms with van der Waals surface area (Å²) in [6, 6.07) is -2.35. The van der Waals surface area contributed by atoms with Crippen LogP contribution < -0.4 is 27.8 Å². The molecule has 0 fully saturated rings. The minimum Gasteiger partial charge on any atom is -0.480 e. The molecule has 0 saturated heterocycles. The van der Waals surface area contributed by atoms with Gasteiger partial charge in [-0.2, -0.15) is 0 Å². The number of hydrogen-bond donors (Lipinski definition) is 7. The van der Waals surface area contributed by atoms with Gasteiger partial charge in [0.15, 0.2) is 0 Å². The van der Waals surface area contributed by atoms with Gasteiger partial charge in [0.05, 0.1) is 0 Å². The summed E-state index contributed by atoms with van der Waals surface area (Å²) in [4.78, 5) is 66.1. The van der Waals surface area contributed by atoms with Crippen LogP contribution >= 0.6 is 0 Å². The second kappa shape index (κ2) is 23.3. The fourth-order valence-corrected chi connectivity index (χ4v) is 4.31. The predicted octanol–water partition coefficient (Wildman–Crippen LogP) is 6.58. The molecule has 15 heteroatoms. The minimum atomic E-state index is -1.05. The molecule has 54 heavy (non-hydrogen) atoms. The summed E-state index contributed by atoms with van der Waals surface area (Å²) in [6.45, 7) is 36.2. The molecule has 0 unspecified atom stereocenters. The molecule has 4 atom stereocenters. The zero-order valence-electron chi connectivity index (χ0n) is 37.0. The second-order valence-corrected chi connectivity index (χ2v) is 20.4. The summed E-state index contributed by atoms with van der Waals surface area (Å²) in [6.07, 6.45) is 0.882. The van der Waals surface area contributed by atoms with Gasteiger partial charge in [-0.1, -0.05) is 90.0 Å². The van der Waals surface area contributed by atoms with E-state index in [1.807, 2.05) is 69.2 Å². The summed E-state index contributed by atoms with van der Waals surface area (Å²) in [5.41, 5.74) is 14.4. The first kappa shape index (κ1) is 57.1. The topological polar surface area (TPSA) is 263 Å². The van der Waals surface area contributed by atoms with Gasteiger partial charge in [-0.3, -0.25) is 14.4 Å². The molecular formula is C39H79N5O10. The van der Waals surface area contributed by atoms with Crippen LogP contribution in [-0.2, 0) is 28.7 Å². The van der Waals surface area contributed by atoms with E-state index in [0.29, 0.717) is 19.3 Å². The number of nitrogens with two attached hydrogens (primary N) is 3. The number of primary amides is 2. The monoisotopic (exact) mass is 778 g/mol. The van der Waals surface area contributed by atoms with Gasteiger partial charge in [0.25, 0.3) is 0 Å². The van der Waals surface area contributed by atoms with Crippen molar-refractivity contribution in [3.8, 4) is 0 Å². The molecule has 0 bridgehead atoms. The van der Waals surface area contributed by atoms with Crippen molar-refractivity contribution in [2.75, 3.05) is 0 Å². The molecular weight excluding hydrogens is 698 g/mol. The average Bonchev–Trinajstić information content (AvgIpc) is 2.83. The van der Waals surface area contributed by atoms with E-state index in [0.717, 1.165) is 6.42 Å². The molecule has 0 radical (unpaired) electrons. The molecule has 4 amide bonds. The molecule has 0 heterocycles. The molecule has 15 nitrogen and oxygen atoms in total. The third kappa shape index (κ3) is 42.8. The number of rotatable bonds is 10. The Morgan fingerprint density at radius 3 is 0.981 bits per heavy atom. The van der Waals surface area contributed by atoms with Gasteiger partial charge in [-0.25, -0.2) is 14.4 Å². The SMILES string of the molecule is CC(C)(C)C[C@@H](N)C(=O)O.CC(C)(C)C[C@@H](NC(=O)OC(C)(C)C)C(=O)O.CC(C)(C)C[C@@H](NC(=O)OC(C)(C)C)C(N)=O.C[C@H](CC(C)(C)C)C(N)=O. The molecule has 320 valence electrons. The number of hydrogen-bond acceptors (Lipinski definition) is 9. The first-order chi connectivity index (χ1) is 23.5. The number of carbonyl (C=O) groups excluding carboxylic acids is 4. The Kier molecular flexibility index (Phi) is 24.7. The molecule has 0 aliphatic heterocycles. The van der Waals surface area contributed by atoms with Crippen molar-refractivity contribution in [3.05, 3.63) is 0 Å². The third-order valence-corrected chi connectivity index (χ3v) is 6.21. The summed E-state index contributed by atoms with van der Waals surface area (Å²) < 4.78 is 10.1. The lowest BCUT2D eigenvalue weighted by Crippen LogP contribution is -2.47. The Morgan fingerprint density at radius 1 is 0.500 bits per heavy atom. The molecule has 0 saturated carbocycles. The van der Waals surface area contributed by atoms with E-state index in [1.54, 1.807) is 41.5 Å². The number of nitrogens with one attached hydrogen (secondary N) is 2. The predicted molar refractivity (Wildman–Crippen MR) is 213 cm³/mol. The van der Waals surface area contributed by atoms with Gasteiger partial charge in [0.2, 0.25) is 11.8 Å². The van der Waals surface area contributed by atoms with Crippen LogP contribution in [0.5, 0.6) is 0 Å². The maximum atomic E-state index is 11.5. The van der Waals surface area contributed by atoms with E-state index >= 15 is 0 Å². The molecule has 10 N–H and O–H groups in total. The highest BCUT2D eigenvalue weighted by Gasteiger charge is 2.29. The Labute approximate surface area is 326 Å². The van der Waals surface area contributed by atoms with Crippen LogP contribution in [-0.4, -0.2) is 75.5 Å². The fourth-order valence-electron chi connectivity index (χ4n) is 4.31. The highest BCUT2D eigenvalue weighted by Crippen LogP contribution is 2.24.